The summed E-state index contributed by atoms with van der Waals surface area (Å²) in [6.07, 6.45) is 88.9. The average Bonchev–Trinajstić information content (AvgIpc) is 3.42. The van der Waals surface area contributed by atoms with Gasteiger partial charge < -0.3 is 19.8 Å². The Balaban J connectivity index is 4.20. The monoisotopic (exact) mass is 1140 g/mol. The van der Waals surface area contributed by atoms with Gasteiger partial charge in [0.2, 0.25) is 5.91 Å². The van der Waals surface area contributed by atoms with Crippen molar-refractivity contribution in [3.63, 3.8) is 0 Å². The zero-order chi connectivity index (χ0) is 58.4. The number of nitrogens with one attached hydrogen (secondary N) is 1. The van der Waals surface area contributed by atoms with Crippen LogP contribution in [0.3, 0.4) is 0 Å². The number of carbonyl (C=O) groups excluding carboxylic acids is 1. The van der Waals surface area contributed by atoms with E-state index in [9.17, 15) is 19.4 Å². The predicted octanol–water partition coefficient (Wildman–Crippen LogP) is 21.1. The molecule has 0 aliphatic carbocycles. The lowest BCUT2D eigenvalue weighted by Gasteiger charge is -2.26. The van der Waals surface area contributed by atoms with E-state index in [1.165, 1.54) is 154 Å². The number of rotatable bonds is 60. The van der Waals surface area contributed by atoms with Gasteiger partial charge in [-0.2, -0.15) is 0 Å². The molecule has 0 bridgehead atoms. The van der Waals surface area contributed by atoms with Crippen LogP contribution in [-0.4, -0.2) is 73.4 Å². The Bertz CT molecular complexity index is 1670. The van der Waals surface area contributed by atoms with E-state index in [4.69, 9.17) is 9.05 Å². The molecular weight excluding hydrogens is 1010 g/mol. The molecule has 0 aromatic rings. The number of unbranched alkanes of at least 4 members (excludes halogenated alkanes) is 29. The molecule has 462 valence electrons. The van der Waals surface area contributed by atoms with Gasteiger partial charge in [-0.05, 0) is 83.5 Å². The van der Waals surface area contributed by atoms with E-state index in [0.29, 0.717) is 23.9 Å². The Kier molecular flexibility index (Phi) is 58.6. The summed E-state index contributed by atoms with van der Waals surface area (Å²) in [7, 11) is 1.58. The molecule has 8 nitrogen and oxygen atoms in total. The number of hydrogen-bond acceptors (Lipinski definition) is 5. The Hall–Kier alpha value is -2.84. The van der Waals surface area contributed by atoms with Crippen LogP contribution in [0.1, 0.15) is 284 Å². The van der Waals surface area contributed by atoms with Gasteiger partial charge in [-0.1, -0.05) is 303 Å². The Labute approximate surface area is 495 Å². The van der Waals surface area contributed by atoms with Gasteiger partial charge in [-0.25, -0.2) is 4.57 Å². The molecule has 3 unspecified atom stereocenters. The first kappa shape index (κ1) is 77.2. The number of amides is 1. The standard InChI is InChI=1S/C71H127N2O6P/c1-6-8-10-12-14-16-18-20-22-24-26-28-30-32-34-35-36-37-39-41-43-45-47-49-51-53-55-57-59-61-63-65-71(75)72-69(68-79-80(76,77)78-67-66-73(3,4)5)70(74)64-62-60-58-56-54-52-50-48-46-44-42-40-38-33-31-29-27-25-23-21-19-17-15-13-11-9-7-2/h8,10,14,16,20,22,26,28,32,34,36-37,41,43,47,49,53,55,69-70,74H,6-7,9,11-13,15,17-19,21,23-25,27,29-31,33,35,38-40,42,44-46,48,50-52,54,56-68H2,1-5H3,(H-,72,75,76,77)/p+1/b10-8-,16-14-,22-20-,28-26-,34-32-,37-36-,43-41-,49-47-,55-53-. The molecule has 3 N–H and O–H groups in total. The molecule has 0 spiro atoms. The van der Waals surface area contributed by atoms with Crippen molar-refractivity contribution in [2.24, 2.45) is 0 Å². The van der Waals surface area contributed by atoms with Gasteiger partial charge in [-0.15, -0.1) is 0 Å². The van der Waals surface area contributed by atoms with Crippen molar-refractivity contribution < 1.29 is 32.9 Å². The van der Waals surface area contributed by atoms with Gasteiger partial charge >= 0.3 is 7.82 Å². The number of allylic oxidation sites excluding steroid dienone is 18. The SMILES string of the molecule is CC/C=C\C/C=C\C/C=C\C/C=C\C/C=C\C/C=C\C/C=C\C/C=C\C/C=C\CCCCCC(=O)NC(COP(=O)(O)OCC[N+](C)(C)C)C(O)CCCCCCCCCCCCCCCCCCCCCCCCCCCCC. The lowest BCUT2D eigenvalue weighted by Crippen LogP contribution is -2.46. The molecule has 0 aliphatic heterocycles. The number of likely N-dealkylation sites (N-methyl/N-ethyl adjacent to an activating group) is 1. The normalized spacial score (nSPS) is 14.4. The minimum Gasteiger partial charge on any atom is -0.391 e. The van der Waals surface area contributed by atoms with Gasteiger partial charge in [-0.3, -0.25) is 13.8 Å². The predicted molar refractivity (Wildman–Crippen MR) is 350 cm³/mol. The van der Waals surface area contributed by atoms with Gasteiger partial charge in [0.15, 0.2) is 0 Å². The van der Waals surface area contributed by atoms with Crippen molar-refractivity contribution in [3.05, 3.63) is 109 Å². The summed E-state index contributed by atoms with van der Waals surface area (Å²) in [4.78, 5) is 23.4. The maximum absolute atomic E-state index is 13.0. The van der Waals surface area contributed by atoms with Gasteiger partial charge in [0.25, 0.3) is 0 Å². The Morgan fingerprint density at radius 1 is 0.438 bits per heavy atom. The van der Waals surface area contributed by atoms with Crippen LogP contribution in [0.4, 0.5) is 0 Å². The summed E-state index contributed by atoms with van der Waals surface area (Å²) in [5.74, 6) is -0.177. The molecule has 0 rings (SSSR count). The highest BCUT2D eigenvalue weighted by molar-refractivity contribution is 7.47. The summed E-state index contributed by atoms with van der Waals surface area (Å²) in [6.45, 7) is 4.77. The maximum atomic E-state index is 13.0. The summed E-state index contributed by atoms with van der Waals surface area (Å²) in [6, 6.07) is -0.789. The molecule has 1 amide bonds. The lowest BCUT2D eigenvalue weighted by molar-refractivity contribution is -0.870. The van der Waals surface area contributed by atoms with E-state index >= 15 is 0 Å². The van der Waals surface area contributed by atoms with Crippen LogP contribution in [0.25, 0.3) is 0 Å². The summed E-state index contributed by atoms with van der Waals surface area (Å²) in [5, 5.41) is 14.1. The molecule has 0 aromatic carbocycles. The van der Waals surface area contributed by atoms with E-state index in [1.807, 2.05) is 21.1 Å². The summed E-state index contributed by atoms with van der Waals surface area (Å²) in [5.41, 5.74) is 0. The highest BCUT2D eigenvalue weighted by Crippen LogP contribution is 2.43. The molecule has 0 saturated carbocycles. The summed E-state index contributed by atoms with van der Waals surface area (Å²) >= 11 is 0. The van der Waals surface area contributed by atoms with Crippen LogP contribution in [0.2, 0.25) is 0 Å². The molecule has 0 fully saturated rings. The van der Waals surface area contributed by atoms with E-state index in [-0.39, 0.29) is 19.1 Å². The van der Waals surface area contributed by atoms with Crippen molar-refractivity contribution >= 4 is 13.7 Å². The zero-order valence-corrected chi connectivity index (χ0v) is 53.7. The number of quaternary nitrogens is 1. The van der Waals surface area contributed by atoms with Crippen LogP contribution in [0.5, 0.6) is 0 Å². The number of nitrogens with zero attached hydrogens (tertiary/aromatic N) is 1. The first-order valence-corrected chi connectivity index (χ1v) is 34.7. The van der Waals surface area contributed by atoms with E-state index in [0.717, 1.165) is 103 Å². The number of aliphatic hydroxyl groups excluding tert-OH is 1. The van der Waals surface area contributed by atoms with Crippen LogP contribution in [0.15, 0.2) is 109 Å². The summed E-state index contributed by atoms with van der Waals surface area (Å²) < 4.78 is 23.8. The van der Waals surface area contributed by atoms with Crippen molar-refractivity contribution in [2.75, 3.05) is 40.9 Å². The highest BCUT2D eigenvalue weighted by atomic mass is 31.2. The molecule has 3 atom stereocenters. The molecule has 0 heterocycles. The third-order valence-electron chi connectivity index (χ3n) is 14.5. The molecule has 0 saturated heterocycles. The second kappa shape index (κ2) is 60.7. The Morgan fingerprint density at radius 2 is 0.750 bits per heavy atom. The number of phosphoric ester groups is 1. The average molecular weight is 1140 g/mol. The third-order valence-corrected chi connectivity index (χ3v) is 15.5. The lowest BCUT2D eigenvalue weighted by atomic mass is 10.0. The molecule has 80 heavy (non-hydrogen) atoms. The van der Waals surface area contributed by atoms with Crippen molar-refractivity contribution in [1.82, 2.24) is 5.32 Å². The van der Waals surface area contributed by atoms with E-state index in [1.54, 1.807) is 0 Å². The zero-order valence-electron chi connectivity index (χ0n) is 52.8. The molecule has 0 aliphatic rings. The van der Waals surface area contributed by atoms with Crippen molar-refractivity contribution in [3.8, 4) is 0 Å². The second-order valence-electron chi connectivity index (χ2n) is 23.5. The van der Waals surface area contributed by atoms with Crippen LogP contribution in [0, 0.1) is 0 Å². The molecular formula is C71H128N2O6P+. The smallest absolute Gasteiger partial charge is 0.391 e. The molecule has 0 aromatic heterocycles. The van der Waals surface area contributed by atoms with E-state index in [2.05, 4.69) is 129 Å². The minimum atomic E-state index is -4.35. The van der Waals surface area contributed by atoms with E-state index < -0.39 is 20.0 Å². The topological polar surface area (TPSA) is 105 Å². The first-order chi connectivity index (χ1) is 39.0. The molecule has 9 heteroatoms. The minimum absolute atomic E-state index is 0.0623. The third kappa shape index (κ3) is 62.8. The van der Waals surface area contributed by atoms with Crippen molar-refractivity contribution in [1.29, 1.82) is 0 Å². The van der Waals surface area contributed by atoms with Gasteiger partial charge in [0.05, 0.1) is 39.9 Å². The van der Waals surface area contributed by atoms with Gasteiger partial charge in [0, 0.05) is 6.42 Å². The number of aliphatic hydroxyl groups is 1. The van der Waals surface area contributed by atoms with Crippen LogP contribution < -0.4 is 5.32 Å². The largest absolute Gasteiger partial charge is 0.472 e. The highest BCUT2D eigenvalue weighted by Gasteiger charge is 2.28. The fourth-order valence-corrected chi connectivity index (χ4v) is 10.1. The molecule has 0 radical (unpaired) electrons. The first-order valence-electron chi connectivity index (χ1n) is 33.3. The fourth-order valence-electron chi connectivity index (χ4n) is 9.39. The van der Waals surface area contributed by atoms with Crippen LogP contribution in [-0.2, 0) is 18.4 Å². The fraction of sp³-hybridized carbons (Fsp3) is 0.732. The Morgan fingerprint density at radius 3 is 1.09 bits per heavy atom. The van der Waals surface area contributed by atoms with Gasteiger partial charge in [0.1, 0.15) is 13.2 Å². The van der Waals surface area contributed by atoms with Crippen molar-refractivity contribution in [2.45, 2.75) is 296 Å². The number of phosphoric acid groups is 1. The number of hydrogen-bond donors (Lipinski definition) is 3. The van der Waals surface area contributed by atoms with Crippen LogP contribution >= 0.6 is 7.82 Å². The second-order valence-corrected chi connectivity index (χ2v) is 24.9. The maximum Gasteiger partial charge on any atom is 0.472 e. The quantitative estimate of drug-likeness (QED) is 0.0243. The number of carbonyl (C=O) groups is 1.